The predicted molar refractivity (Wildman–Crippen MR) is 54.0 cm³/mol. The van der Waals surface area contributed by atoms with Crippen LogP contribution in [0.25, 0.3) is 11.4 Å². The van der Waals surface area contributed by atoms with Gasteiger partial charge in [-0.3, -0.25) is 4.79 Å². The van der Waals surface area contributed by atoms with Crippen molar-refractivity contribution in [1.29, 1.82) is 0 Å². The standard InChI is InChI=1S/C11H9FN2O/c1-14-6-5-13-11(14)8-3-2-4-10(12)9(8)7-15/h2-7H,1H3. The predicted octanol–water partition coefficient (Wildman–Crippen LogP) is 2.04. The van der Waals surface area contributed by atoms with Gasteiger partial charge in [0.15, 0.2) is 6.29 Å². The maximum Gasteiger partial charge on any atom is 0.153 e. The van der Waals surface area contributed by atoms with Crippen LogP contribution in [0, 0.1) is 5.82 Å². The molecule has 0 N–H and O–H groups in total. The Bertz CT molecular complexity index is 505. The highest BCUT2D eigenvalue weighted by Crippen LogP contribution is 2.22. The summed E-state index contributed by atoms with van der Waals surface area (Å²) < 4.78 is 15.0. The third-order valence-electron chi connectivity index (χ3n) is 2.23. The van der Waals surface area contributed by atoms with E-state index in [4.69, 9.17) is 0 Å². The third-order valence-corrected chi connectivity index (χ3v) is 2.23. The summed E-state index contributed by atoms with van der Waals surface area (Å²) in [5, 5.41) is 0. The Kier molecular flexibility index (Phi) is 2.33. The second-order valence-corrected chi connectivity index (χ2v) is 3.18. The molecule has 2 aromatic rings. The lowest BCUT2D eigenvalue weighted by atomic mass is 10.1. The lowest BCUT2D eigenvalue weighted by Gasteiger charge is -2.05. The molecule has 0 saturated heterocycles. The van der Waals surface area contributed by atoms with Crippen LogP contribution in [-0.4, -0.2) is 15.8 Å². The van der Waals surface area contributed by atoms with Gasteiger partial charge in [-0.1, -0.05) is 12.1 Å². The van der Waals surface area contributed by atoms with Crippen molar-refractivity contribution in [2.24, 2.45) is 7.05 Å². The average molecular weight is 204 g/mol. The molecule has 0 unspecified atom stereocenters. The van der Waals surface area contributed by atoms with Crippen LogP contribution in [-0.2, 0) is 7.05 Å². The van der Waals surface area contributed by atoms with Crippen LogP contribution in [0.2, 0.25) is 0 Å². The molecule has 0 bridgehead atoms. The van der Waals surface area contributed by atoms with E-state index in [1.807, 2.05) is 0 Å². The van der Waals surface area contributed by atoms with Crippen molar-refractivity contribution in [2.45, 2.75) is 0 Å². The molecule has 1 aromatic carbocycles. The Morgan fingerprint density at radius 3 is 2.87 bits per heavy atom. The summed E-state index contributed by atoms with van der Waals surface area (Å²) in [7, 11) is 1.79. The molecule has 2 rings (SSSR count). The maximum atomic E-state index is 13.3. The number of hydrogen-bond acceptors (Lipinski definition) is 2. The molecular formula is C11H9FN2O. The first-order chi connectivity index (χ1) is 7.24. The first-order valence-corrected chi connectivity index (χ1v) is 4.45. The Morgan fingerprint density at radius 2 is 2.27 bits per heavy atom. The minimum atomic E-state index is -0.523. The van der Waals surface area contributed by atoms with E-state index in [-0.39, 0.29) is 5.56 Å². The van der Waals surface area contributed by atoms with Crippen molar-refractivity contribution in [3.05, 3.63) is 42.0 Å². The van der Waals surface area contributed by atoms with Gasteiger partial charge >= 0.3 is 0 Å². The number of benzene rings is 1. The lowest BCUT2D eigenvalue weighted by Crippen LogP contribution is -1.97. The molecule has 0 radical (unpaired) electrons. The van der Waals surface area contributed by atoms with Crippen LogP contribution < -0.4 is 0 Å². The summed E-state index contributed by atoms with van der Waals surface area (Å²) in [6.07, 6.45) is 3.86. The molecule has 4 heteroatoms. The number of hydrogen-bond donors (Lipinski definition) is 0. The third kappa shape index (κ3) is 1.54. The van der Waals surface area contributed by atoms with Crippen LogP contribution in [0.15, 0.2) is 30.6 Å². The first kappa shape index (κ1) is 9.58. The van der Waals surface area contributed by atoms with E-state index in [2.05, 4.69) is 4.98 Å². The highest BCUT2D eigenvalue weighted by atomic mass is 19.1. The molecule has 0 aliphatic rings. The fraction of sp³-hybridized carbons (Fsp3) is 0.0909. The highest BCUT2D eigenvalue weighted by Gasteiger charge is 2.12. The van der Waals surface area contributed by atoms with Crippen LogP contribution in [0.4, 0.5) is 4.39 Å². The van der Waals surface area contributed by atoms with E-state index in [9.17, 15) is 9.18 Å². The van der Waals surface area contributed by atoms with E-state index >= 15 is 0 Å². The molecule has 3 nitrogen and oxygen atoms in total. The number of aryl methyl sites for hydroxylation is 1. The number of aromatic nitrogens is 2. The summed E-state index contributed by atoms with van der Waals surface area (Å²) in [6.45, 7) is 0. The van der Waals surface area contributed by atoms with Gasteiger partial charge < -0.3 is 4.57 Å². The zero-order chi connectivity index (χ0) is 10.8. The van der Waals surface area contributed by atoms with Gasteiger partial charge in [-0.2, -0.15) is 0 Å². The van der Waals surface area contributed by atoms with Crippen LogP contribution >= 0.6 is 0 Å². The van der Waals surface area contributed by atoms with Gasteiger partial charge in [-0.25, -0.2) is 9.37 Å². The Hall–Kier alpha value is -1.97. The van der Waals surface area contributed by atoms with Crippen LogP contribution in [0.5, 0.6) is 0 Å². The topological polar surface area (TPSA) is 34.9 Å². The fourth-order valence-electron chi connectivity index (χ4n) is 1.48. The normalized spacial score (nSPS) is 10.3. The van der Waals surface area contributed by atoms with E-state index in [0.717, 1.165) is 0 Å². The highest BCUT2D eigenvalue weighted by molar-refractivity contribution is 5.86. The molecule has 0 fully saturated rings. The molecule has 1 aromatic heterocycles. The first-order valence-electron chi connectivity index (χ1n) is 4.45. The van der Waals surface area contributed by atoms with Crippen molar-refractivity contribution >= 4 is 6.29 Å². The zero-order valence-electron chi connectivity index (χ0n) is 8.14. The van der Waals surface area contributed by atoms with Gasteiger partial charge in [0.2, 0.25) is 0 Å². The number of nitrogens with zero attached hydrogens (tertiary/aromatic N) is 2. The molecule has 0 atom stereocenters. The second kappa shape index (κ2) is 3.65. The van der Waals surface area contributed by atoms with Crippen molar-refractivity contribution in [3.8, 4) is 11.4 Å². The number of imidazole rings is 1. The van der Waals surface area contributed by atoms with Gasteiger partial charge in [0.1, 0.15) is 11.6 Å². The minimum absolute atomic E-state index is 0.0480. The summed E-state index contributed by atoms with van der Waals surface area (Å²) in [6, 6.07) is 4.50. The van der Waals surface area contributed by atoms with E-state index < -0.39 is 5.82 Å². The summed E-state index contributed by atoms with van der Waals surface area (Å²) in [5.41, 5.74) is 0.560. The Labute approximate surface area is 86.2 Å². The molecular weight excluding hydrogens is 195 g/mol. The molecule has 1 heterocycles. The molecule has 0 amide bonds. The van der Waals surface area contributed by atoms with Gasteiger partial charge in [-0.05, 0) is 6.07 Å². The SMILES string of the molecule is Cn1ccnc1-c1cccc(F)c1C=O. The number of rotatable bonds is 2. The molecule has 76 valence electrons. The van der Waals surface area contributed by atoms with Gasteiger partial charge in [-0.15, -0.1) is 0 Å². The van der Waals surface area contributed by atoms with Crippen LogP contribution in [0.3, 0.4) is 0 Å². The fourth-order valence-corrected chi connectivity index (χ4v) is 1.48. The number of carbonyl (C=O) groups excluding carboxylic acids is 1. The van der Waals surface area contributed by atoms with Crippen molar-refractivity contribution in [2.75, 3.05) is 0 Å². The lowest BCUT2D eigenvalue weighted by molar-refractivity contribution is 0.112. The summed E-state index contributed by atoms with van der Waals surface area (Å²) >= 11 is 0. The quantitative estimate of drug-likeness (QED) is 0.701. The van der Waals surface area contributed by atoms with Crippen molar-refractivity contribution in [3.63, 3.8) is 0 Å². The average Bonchev–Trinajstić information content (AvgIpc) is 2.64. The van der Waals surface area contributed by atoms with Crippen LogP contribution in [0.1, 0.15) is 10.4 Å². The number of aldehydes is 1. The number of halogens is 1. The van der Waals surface area contributed by atoms with Gasteiger partial charge in [0.25, 0.3) is 0 Å². The smallest absolute Gasteiger partial charge is 0.153 e. The van der Waals surface area contributed by atoms with Gasteiger partial charge in [0, 0.05) is 25.0 Å². The monoisotopic (exact) mass is 204 g/mol. The largest absolute Gasteiger partial charge is 0.334 e. The second-order valence-electron chi connectivity index (χ2n) is 3.18. The molecule has 0 spiro atoms. The molecule has 0 aliphatic heterocycles. The maximum absolute atomic E-state index is 13.3. The molecule has 0 saturated carbocycles. The number of carbonyl (C=O) groups is 1. The minimum Gasteiger partial charge on any atom is -0.334 e. The van der Waals surface area contributed by atoms with E-state index in [0.29, 0.717) is 17.7 Å². The van der Waals surface area contributed by atoms with Crippen molar-refractivity contribution in [1.82, 2.24) is 9.55 Å². The van der Waals surface area contributed by atoms with Crippen molar-refractivity contribution < 1.29 is 9.18 Å². The summed E-state index contributed by atoms with van der Waals surface area (Å²) in [4.78, 5) is 14.9. The Balaban J connectivity index is 2.68. The molecule has 15 heavy (non-hydrogen) atoms. The summed E-state index contributed by atoms with van der Waals surface area (Å²) in [5.74, 6) is 0.0575. The molecule has 0 aliphatic carbocycles. The van der Waals surface area contributed by atoms with E-state index in [1.54, 1.807) is 36.1 Å². The zero-order valence-corrected chi connectivity index (χ0v) is 8.14. The van der Waals surface area contributed by atoms with E-state index in [1.165, 1.54) is 6.07 Å². The van der Waals surface area contributed by atoms with Gasteiger partial charge in [0.05, 0.1) is 5.56 Å². The Morgan fingerprint density at radius 1 is 1.47 bits per heavy atom.